The molecule has 108 valence electrons. The molecule has 0 aromatic heterocycles. The lowest BCUT2D eigenvalue weighted by atomic mass is 10.1. The second-order valence-electron chi connectivity index (χ2n) is 4.75. The van der Waals surface area contributed by atoms with Gasteiger partial charge in [0, 0.05) is 5.69 Å². The second-order valence-corrected chi connectivity index (χ2v) is 4.75. The Labute approximate surface area is 112 Å². The lowest BCUT2D eigenvalue weighted by molar-refractivity contribution is -0.140. The first-order valence-corrected chi connectivity index (χ1v) is 5.92. The van der Waals surface area contributed by atoms with Gasteiger partial charge in [-0.1, -0.05) is 6.07 Å². The van der Waals surface area contributed by atoms with Gasteiger partial charge in [0.15, 0.2) is 0 Å². The third-order valence-corrected chi connectivity index (χ3v) is 3.34. The summed E-state index contributed by atoms with van der Waals surface area (Å²) in [5, 5.41) is 11.1. The van der Waals surface area contributed by atoms with E-state index in [4.69, 9.17) is 5.11 Å². The lowest BCUT2D eigenvalue weighted by Crippen LogP contribution is -2.18. The SMILES string of the molecule is Cc1c(NC(=O)[C@@H]2C[C@@H]2C(=O)O)cccc1C(F)(F)F. The van der Waals surface area contributed by atoms with Crippen LogP contribution in [0, 0.1) is 18.8 Å². The van der Waals surface area contributed by atoms with Gasteiger partial charge in [0.2, 0.25) is 5.91 Å². The average molecular weight is 287 g/mol. The predicted octanol–water partition coefficient (Wildman–Crippen LogP) is 2.67. The number of hydrogen-bond donors (Lipinski definition) is 2. The maximum Gasteiger partial charge on any atom is 0.416 e. The first-order valence-electron chi connectivity index (χ1n) is 5.92. The monoisotopic (exact) mass is 287 g/mol. The van der Waals surface area contributed by atoms with E-state index in [-0.39, 0.29) is 17.7 Å². The van der Waals surface area contributed by atoms with E-state index in [9.17, 15) is 22.8 Å². The topological polar surface area (TPSA) is 66.4 Å². The Kier molecular flexibility index (Phi) is 3.45. The van der Waals surface area contributed by atoms with Gasteiger partial charge in [-0.2, -0.15) is 13.2 Å². The molecule has 1 saturated carbocycles. The molecule has 0 unspecified atom stereocenters. The quantitative estimate of drug-likeness (QED) is 0.898. The van der Waals surface area contributed by atoms with Crippen molar-refractivity contribution in [3.8, 4) is 0 Å². The van der Waals surface area contributed by atoms with Gasteiger partial charge in [0.05, 0.1) is 17.4 Å². The summed E-state index contributed by atoms with van der Waals surface area (Å²) in [6.07, 6.45) is -4.27. The number of carbonyl (C=O) groups is 2. The van der Waals surface area contributed by atoms with E-state index in [2.05, 4.69) is 5.32 Å². The molecule has 0 heterocycles. The number of carbonyl (C=O) groups excluding carboxylic acids is 1. The van der Waals surface area contributed by atoms with E-state index >= 15 is 0 Å². The fourth-order valence-corrected chi connectivity index (χ4v) is 2.06. The first kappa shape index (κ1) is 14.4. The summed E-state index contributed by atoms with van der Waals surface area (Å²) in [5.74, 6) is -3.02. The van der Waals surface area contributed by atoms with E-state index in [0.717, 1.165) is 6.07 Å². The molecule has 2 rings (SSSR count). The number of halogens is 3. The van der Waals surface area contributed by atoms with Crippen molar-refractivity contribution < 1.29 is 27.9 Å². The van der Waals surface area contributed by atoms with Crippen molar-refractivity contribution in [3.63, 3.8) is 0 Å². The summed E-state index contributed by atoms with van der Waals surface area (Å²) in [4.78, 5) is 22.4. The zero-order chi connectivity index (χ0) is 15.1. The minimum Gasteiger partial charge on any atom is -0.481 e. The summed E-state index contributed by atoms with van der Waals surface area (Å²) in [6, 6.07) is 3.50. The van der Waals surface area contributed by atoms with Gasteiger partial charge in [0.1, 0.15) is 0 Å². The predicted molar refractivity (Wildman–Crippen MR) is 64.0 cm³/mol. The zero-order valence-electron chi connectivity index (χ0n) is 10.5. The van der Waals surface area contributed by atoms with E-state index in [1.165, 1.54) is 19.1 Å². The number of aliphatic carboxylic acids is 1. The number of anilines is 1. The Bertz CT molecular complexity index is 568. The highest BCUT2D eigenvalue weighted by Gasteiger charge is 2.48. The van der Waals surface area contributed by atoms with Crippen molar-refractivity contribution in [1.82, 2.24) is 0 Å². The Morgan fingerprint density at radius 2 is 1.95 bits per heavy atom. The molecule has 0 radical (unpaired) electrons. The van der Waals surface area contributed by atoms with Crippen LogP contribution in [-0.2, 0) is 15.8 Å². The number of hydrogen-bond acceptors (Lipinski definition) is 2. The molecule has 20 heavy (non-hydrogen) atoms. The van der Waals surface area contributed by atoms with Crippen molar-refractivity contribution in [2.24, 2.45) is 11.8 Å². The van der Waals surface area contributed by atoms with Crippen LogP contribution in [0.15, 0.2) is 18.2 Å². The largest absolute Gasteiger partial charge is 0.481 e. The molecule has 7 heteroatoms. The number of amides is 1. The molecule has 1 amide bonds. The van der Waals surface area contributed by atoms with E-state index in [0.29, 0.717) is 0 Å². The van der Waals surface area contributed by atoms with Gasteiger partial charge < -0.3 is 10.4 Å². The molecule has 2 N–H and O–H groups in total. The number of alkyl halides is 3. The molecule has 0 bridgehead atoms. The molecule has 1 aliphatic carbocycles. The van der Waals surface area contributed by atoms with Gasteiger partial charge in [-0.15, -0.1) is 0 Å². The summed E-state index contributed by atoms with van der Waals surface area (Å²) in [7, 11) is 0. The van der Waals surface area contributed by atoms with Crippen LogP contribution in [-0.4, -0.2) is 17.0 Å². The van der Waals surface area contributed by atoms with Crippen LogP contribution in [0.4, 0.5) is 18.9 Å². The molecular formula is C13H12F3NO3. The van der Waals surface area contributed by atoms with Crippen LogP contribution in [0.5, 0.6) is 0 Å². The number of carboxylic acid groups (broad SMARTS) is 1. The zero-order valence-corrected chi connectivity index (χ0v) is 10.5. The van der Waals surface area contributed by atoms with Crippen molar-refractivity contribution in [3.05, 3.63) is 29.3 Å². The third-order valence-electron chi connectivity index (χ3n) is 3.34. The molecule has 4 nitrogen and oxygen atoms in total. The van der Waals surface area contributed by atoms with Gasteiger partial charge in [-0.3, -0.25) is 9.59 Å². The average Bonchev–Trinajstić information content (AvgIpc) is 3.10. The molecule has 0 saturated heterocycles. The molecule has 1 fully saturated rings. The van der Waals surface area contributed by atoms with E-state index < -0.39 is 35.5 Å². The second kappa shape index (κ2) is 4.81. The van der Waals surface area contributed by atoms with Crippen LogP contribution >= 0.6 is 0 Å². The molecule has 1 aliphatic rings. The lowest BCUT2D eigenvalue weighted by Gasteiger charge is -2.14. The fraction of sp³-hybridized carbons (Fsp3) is 0.385. The standard InChI is InChI=1S/C13H12F3NO3/c1-6-9(13(14,15)16)3-2-4-10(6)17-11(18)7-5-8(7)12(19)20/h2-4,7-8H,5H2,1H3,(H,17,18)(H,19,20)/t7-,8+/m1/s1. The molecular weight excluding hydrogens is 275 g/mol. The Morgan fingerprint density at radius 1 is 1.30 bits per heavy atom. The van der Waals surface area contributed by atoms with Gasteiger partial charge in [0.25, 0.3) is 0 Å². The molecule has 2 atom stereocenters. The smallest absolute Gasteiger partial charge is 0.416 e. The van der Waals surface area contributed by atoms with E-state index in [1.54, 1.807) is 0 Å². The van der Waals surface area contributed by atoms with Gasteiger partial charge in [-0.05, 0) is 31.0 Å². The molecule has 0 aliphatic heterocycles. The fourth-order valence-electron chi connectivity index (χ4n) is 2.06. The first-order chi connectivity index (χ1) is 9.21. The number of carboxylic acids is 1. The van der Waals surface area contributed by atoms with Crippen LogP contribution in [0.1, 0.15) is 17.5 Å². The summed E-state index contributed by atoms with van der Waals surface area (Å²) in [6.45, 7) is 1.26. The summed E-state index contributed by atoms with van der Waals surface area (Å²) < 4.78 is 38.1. The summed E-state index contributed by atoms with van der Waals surface area (Å²) in [5.41, 5.74) is -0.845. The Balaban J connectivity index is 2.15. The molecule has 1 aromatic rings. The minimum absolute atomic E-state index is 0.0564. The van der Waals surface area contributed by atoms with Crippen molar-refractivity contribution in [2.75, 3.05) is 5.32 Å². The summed E-state index contributed by atoms with van der Waals surface area (Å²) >= 11 is 0. The highest BCUT2D eigenvalue weighted by Crippen LogP contribution is 2.40. The van der Waals surface area contributed by atoms with Crippen molar-refractivity contribution in [2.45, 2.75) is 19.5 Å². The van der Waals surface area contributed by atoms with Gasteiger partial charge >= 0.3 is 12.1 Å². The van der Waals surface area contributed by atoms with Crippen LogP contribution < -0.4 is 5.32 Å². The third kappa shape index (κ3) is 2.76. The Hall–Kier alpha value is -2.05. The van der Waals surface area contributed by atoms with Crippen molar-refractivity contribution >= 4 is 17.6 Å². The molecule has 1 aromatic carbocycles. The maximum absolute atomic E-state index is 12.7. The Morgan fingerprint density at radius 3 is 2.45 bits per heavy atom. The molecule has 0 spiro atoms. The van der Waals surface area contributed by atoms with E-state index in [1.807, 2.05) is 0 Å². The van der Waals surface area contributed by atoms with Crippen molar-refractivity contribution in [1.29, 1.82) is 0 Å². The number of benzene rings is 1. The highest BCUT2D eigenvalue weighted by atomic mass is 19.4. The van der Waals surface area contributed by atoms with Crippen LogP contribution in [0.2, 0.25) is 0 Å². The minimum atomic E-state index is -4.49. The number of nitrogens with one attached hydrogen (secondary N) is 1. The normalized spacial score (nSPS) is 21.4. The van der Waals surface area contributed by atoms with Crippen LogP contribution in [0.25, 0.3) is 0 Å². The highest BCUT2D eigenvalue weighted by molar-refractivity contribution is 5.98. The number of rotatable bonds is 3. The van der Waals surface area contributed by atoms with Crippen LogP contribution in [0.3, 0.4) is 0 Å². The van der Waals surface area contributed by atoms with Gasteiger partial charge in [-0.25, -0.2) is 0 Å². The maximum atomic E-state index is 12.7.